The lowest BCUT2D eigenvalue weighted by atomic mass is 10.1. The Hall–Kier alpha value is -1.42. The molecule has 20 heavy (non-hydrogen) atoms. The summed E-state index contributed by atoms with van der Waals surface area (Å²) in [5.74, 6) is -0.411. The summed E-state index contributed by atoms with van der Waals surface area (Å²) in [5, 5.41) is 0. The number of halogens is 1. The fourth-order valence-corrected chi connectivity index (χ4v) is 2.95. The average Bonchev–Trinajstić information content (AvgIpc) is 2.91. The summed E-state index contributed by atoms with van der Waals surface area (Å²) in [6.45, 7) is 3.04. The van der Waals surface area contributed by atoms with Crippen LogP contribution in [0.15, 0.2) is 18.2 Å². The largest absolute Gasteiger partial charge is 0.336 e. The number of amides is 1. The molecule has 2 rings (SSSR count). The second-order valence-electron chi connectivity index (χ2n) is 5.60. The van der Waals surface area contributed by atoms with Gasteiger partial charge >= 0.3 is 0 Å². The van der Waals surface area contributed by atoms with Crippen molar-refractivity contribution in [2.75, 3.05) is 13.1 Å². The lowest BCUT2D eigenvalue weighted by Gasteiger charge is -2.29. The van der Waals surface area contributed by atoms with Crippen molar-refractivity contribution in [1.29, 1.82) is 0 Å². The Balaban J connectivity index is 2.19. The molecule has 110 valence electrons. The second-order valence-corrected chi connectivity index (χ2v) is 5.60. The van der Waals surface area contributed by atoms with Gasteiger partial charge in [-0.15, -0.1) is 0 Å². The van der Waals surface area contributed by atoms with E-state index in [4.69, 9.17) is 5.73 Å². The number of nitrogens with two attached hydrogens (primary N) is 1. The minimum atomic E-state index is -0.349. The zero-order chi connectivity index (χ0) is 14.5. The summed E-state index contributed by atoms with van der Waals surface area (Å²) in [6.07, 6.45) is 5.21. The smallest absolute Gasteiger partial charge is 0.254 e. The van der Waals surface area contributed by atoms with Crippen LogP contribution in [0.5, 0.6) is 0 Å². The maximum atomic E-state index is 13.5. The third-order valence-electron chi connectivity index (χ3n) is 3.92. The van der Waals surface area contributed by atoms with Crippen molar-refractivity contribution in [3.8, 4) is 0 Å². The van der Waals surface area contributed by atoms with E-state index in [2.05, 4.69) is 0 Å². The first-order valence-corrected chi connectivity index (χ1v) is 7.40. The molecule has 4 heteroatoms. The highest BCUT2D eigenvalue weighted by molar-refractivity contribution is 5.94. The van der Waals surface area contributed by atoms with Crippen LogP contribution < -0.4 is 5.73 Å². The van der Waals surface area contributed by atoms with Crippen LogP contribution >= 0.6 is 0 Å². The highest BCUT2D eigenvalue weighted by Gasteiger charge is 2.27. The van der Waals surface area contributed by atoms with E-state index < -0.39 is 0 Å². The minimum absolute atomic E-state index is 0.0621. The Bertz CT molecular complexity index is 449. The summed E-state index contributed by atoms with van der Waals surface area (Å²) < 4.78 is 13.5. The highest BCUT2D eigenvalue weighted by Crippen LogP contribution is 2.25. The molecule has 0 spiro atoms. The Kier molecular flexibility index (Phi) is 5.12. The fraction of sp³-hybridized carbons (Fsp3) is 0.562. The van der Waals surface area contributed by atoms with Crippen molar-refractivity contribution >= 4 is 5.91 Å². The first kappa shape index (κ1) is 15.0. The number of rotatable bonds is 5. The molecule has 0 unspecified atom stereocenters. The molecular weight excluding hydrogens is 255 g/mol. The van der Waals surface area contributed by atoms with Gasteiger partial charge in [0, 0.05) is 18.2 Å². The molecule has 0 radical (unpaired) electrons. The molecule has 2 N–H and O–H groups in total. The number of nitrogens with zero attached hydrogens (tertiary/aromatic N) is 1. The Morgan fingerprint density at radius 3 is 2.65 bits per heavy atom. The number of carbonyl (C=O) groups excluding carboxylic acids is 1. The normalized spacial score (nSPS) is 15.6. The molecule has 1 fully saturated rings. The molecular formula is C16H23FN2O. The van der Waals surface area contributed by atoms with Gasteiger partial charge in [-0.3, -0.25) is 4.79 Å². The summed E-state index contributed by atoms with van der Waals surface area (Å²) in [7, 11) is 0. The molecule has 0 atom stereocenters. The molecule has 0 bridgehead atoms. The third-order valence-corrected chi connectivity index (χ3v) is 3.92. The molecule has 0 saturated heterocycles. The van der Waals surface area contributed by atoms with Crippen LogP contribution in [0.3, 0.4) is 0 Å². The molecule has 1 saturated carbocycles. The van der Waals surface area contributed by atoms with Crippen molar-refractivity contribution < 1.29 is 9.18 Å². The number of carbonyl (C=O) groups is 1. The van der Waals surface area contributed by atoms with Gasteiger partial charge in [-0.25, -0.2) is 4.39 Å². The van der Waals surface area contributed by atoms with Crippen LogP contribution in [0.25, 0.3) is 0 Å². The Morgan fingerprint density at radius 1 is 1.35 bits per heavy atom. The maximum absolute atomic E-state index is 13.5. The van der Waals surface area contributed by atoms with Gasteiger partial charge in [0.05, 0.1) is 0 Å². The van der Waals surface area contributed by atoms with Crippen molar-refractivity contribution in [1.82, 2.24) is 4.90 Å². The van der Waals surface area contributed by atoms with E-state index in [1.807, 2.05) is 4.90 Å². The SMILES string of the molecule is Cc1cc(F)cc(C(=O)N(CCCN)C2CCCC2)c1. The minimum Gasteiger partial charge on any atom is -0.336 e. The molecule has 0 aliphatic heterocycles. The third kappa shape index (κ3) is 3.57. The molecule has 1 aromatic rings. The zero-order valence-electron chi connectivity index (χ0n) is 12.1. The molecule has 1 aliphatic carbocycles. The molecule has 0 aromatic heterocycles. The van der Waals surface area contributed by atoms with Gasteiger partial charge in [0.15, 0.2) is 0 Å². The van der Waals surface area contributed by atoms with Gasteiger partial charge in [0.1, 0.15) is 5.82 Å². The van der Waals surface area contributed by atoms with E-state index in [0.717, 1.165) is 24.8 Å². The van der Waals surface area contributed by atoms with Crippen molar-refractivity contribution in [2.24, 2.45) is 5.73 Å². The van der Waals surface area contributed by atoms with Crippen LogP contribution in [0.1, 0.15) is 48.0 Å². The van der Waals surface area contributed by atoms with Crippen molar-refractivity contribution in [2.45, 2.75) is 45.1 Å². The number of hydrogen-bond donors (Lipinski definition) is 1. The van der Waals surface area contributed by atoms with Crippen molar-refractivity contribution in [3.05, 3.63) is 35.1 Å². The number of hydrogen-bond acceptors (Lipinski definition) is 2. The topological polar surface area (TPSA) is 46.3 Å². The summed E-state index contributed by atoms with van der Waals surface area (Å²) >= 11 is 0. The lowest BCUT2D eigenvalue weighted by molar-refractivity contribution is 0.0680. The van der Waals surface area contributed by atoms with Gasteiger partial charge in [-0.2, -0.15) is 0 Å². The van der Waals surface area contributed by atoms with E-state index in [1.54, 1.807) is 13.0 Å². The Labute approximate surface area is 120 Å². The van der Waals surface area contributed by atoms with E-state index in [1.165, 1.54) is 25.0 Å². The van der Waals surface area contributed by atoms with Gasteiger partial charge in [0.2, 0.25) is 0 Å². The van der Waals surface area contributed by atoms with E-state index >= 15 is 0 Å². The van der Waals surface area contributed by atoms with Crippen LogP contribution in [0.4, 0.5) is 4.39 Å². The molecule has 0 heterocycles. The summed E-state index contributed by atoms with van der Waals surface area (Å²) in [6, 6.07) is 4.82. The van der Waals surface area contributed by atoms with Crippen molar-refractivity contribution in [3.63, 3.8) is 0 Å². The van der Waals surface area contributed by atoms with Gasteiger partial charge in [0.25, 0.3) is 5.91 Å². The quantitative estimate of drug-likeness (QED) is 0.900. The summed E-state index contributed by atoms with van der Waals surface area (Å²) in [4.78, 5) is 14.6. The zero-order valence-corrected chi connectivity index (χ0v) is 12.1. The maximum Gasteiger partial charge on any atom is 0.254 e. The van der Waals surface area contributed by atoms with E-state index in [0.29, 0.717) is 18.7 Å². The molecule has 3 nitrogen and oxygen atoms in total. The highest BCUT2D eigenvalue weighted by atomic mass is 19.1. The fourth-order valence-electron chi connectivity index (χ4n) is 2.95. The number of benzene rings is 1. The van der Waals surface area contributed by atoms with Gasteiger partial charge in [-0.1, -0.05) is 12.8 Å². The standard InChI is InChI=1S/C16H23FN2O/c1-12-9-13(11-14(17)10-12)16(20)19(8-4-7-18)15-5-2-3-6-15/h9-11,15H,2-8,18H2,1H3. The lowest BCUT2D eigenvalue weighted by Crippen LogP contribution is -2.40. The monoisotopic (exact) mass is 278 g/mol. The van der Waals surface area contributed by atoms with Crippen LogP contribution in [-0.4, -0.2) is 29.9 Å². The van der Waals surface area contributed by atoms with Gasteiger partial charge in [-0.05, 0) is 56.5 Å². The molecule has 1 aromatic carbocycles. The summed E-state index contributed by atoms with van der Waals surface area (Å²) in [5.41, 5.74) is 6.79. The van der Waals surface area contributed by atoms with Crippen LogP contribution in [0.2, 0.25) is 0 Å². The molecule has 1 aliphatic rings. The van der Waals surface area contributed by atoms with Crippen LogP contribution in [-0.2, 0) is 0 Å². The Morgan fingerprint density at radius 2 is 2.05 bits per heavy atom. The first-order valence-electron chi connectivity index (χ1n) is 7.40. The van der Waals surface area contributed by atoms with E-state index in [9.17, 15) is 9.18 Å². The molecule has 1 amide bonds. The number of aryl methyl sites for hydroxylation is 1. The predicted octanol–water partition coefficient (Wildman–Crippen LogP) is 2.87. The van der Waals surface area contributed by atoms with Gasteiger partial charge < -0.3 is 10.6 Å². The predicted molar refractivity (Wildman–Crippen MR) is 78.1 cm³/mol. The average molecular weight is 278 g/mol. The first-order chi connectivity index (χ1) is 9.61. The van der Waals surface area contributed by atoms with E-state index in [-0.39, 0.29) is 17.8 Å². The second kappa shape index (κ2) is 6.84. The van der Waals surface area contributed by atoms with Crippen LogP contribution in [0, 0.1) is 12.7 Å².